The molecule has 3 aromatic rings. The summed E-state index contributed by atoms with van der Waals surface area (Å²) in [6.07, 6.45) is 0. The van der Waals surface area contributed by atoms with Crippen molar-refractivity contribution in [2.24, 2.45) is 0 Å². The number of nitrogens with zero attached hydrogens (tertiary/aromatic N) is 1. The van der Waals surface area contributed by atoms with E-state index < -0.39 is 16.6 Å². The topological polar surface area (TPSA) is 118 Å². The number of rotatable bonds is 3. The predicted octanol–water partition coefficient (Wildman–Crippen LogP) is 3.00. The zero-order valence-corrected chi connectivity index (χ0v) is 12.2. The first-order valence-corrected chi connectivity index (χ1v) is 7.01. The normalized spacial score (nSPS) is 10.8. The molecule has 2 heterocycles. The van der Waals surface area contributed by atoms with Crippen LogP contribution in [-0.2, 0) is 0 Å². The van der Waals surface area contributed by atoms with Crippen molar-refractivity contribution in [1.82, 2.24) is 4.98 Å². The molecule has 0 saturated carbocycles. The molecule has 0 bridgehead atoms. The minimum Gasteiger partial charge on any atom is -0.408 e. The summed E-state index contributed by atoms with van der Waals surface area (Å²) in [4.78, 5) is 35.8. The lowest BCUT2D eigenvalue weighted by molar-refractivity contribution is -0.384. The lowest BCUT2D eigenvalue weighted by atomic mass is 10.3. The highest BCUT2D eigenvalue weighted by Gasteiger charge is 2.21. The Morgan fingerprint density at radius 1 is 1.41 bits per heavy atom. The molecule has 8 nitrogen and oxygen atoms in total. The standard InChI is InChI=1S/C12H6ClN3O5S/c13-10-7(16(19)20)4-9(22-10)11(17)14-5-1-2-6-8(3-5)21-12(18)15-6/h1-4H,(H,14,17)(H,15,18). The van der Waals surface area contributed by atoms with Crippen LogP contribution >= 0.6 is 22.9 Å². The summed E-state index contributed by atoms with van der Waals surface area (Å²) in [6, 6.07) is 5.71. The van der Waals surface area contributed by atoms with E-state index in [9.17, 15) is 19.7 Å². The SMILES string of the molecule is O=C(Nc1ccc2[nH]c(=O)oc2c1)c1cc([N+](=O)[O-])c(Cl)s1. The molecule has 0 radical (unpaired) electrons. The molecular formula is C12H6ClN3O5S. The molecule has 2 aromatic heterocycles. The maximum atomic E-state index is 12.1. The van der Waals surface area contributed by atoms with Crippen molar-refractivity contribution < 1.29 is 14.1 Å². The van der Waals surface area contributed by atoms with E-state index in [-0.39, 0.29) is 20.5 Å². The van der Waals surface area contributed by atoms with Gasteiger partial charge in [0, 0.05) is 17.8 Å². The molecule has 3 rings (SSSR count). The Morgan fingerprint density at radius 3 is 2.86 bits per heavy atom. The minimum absolute atomic E-state index is 0.0674. The number of nitro groups is 1. The van der Waals surface area contributed by atoms with Crippen LogP contribution in [0.5, 0.6) is 0 Å². The Balaban J connectivity index is 1.87. The van der Waals surface area contributed by atoms with Crippen molar-refractivity contribution in [3.8, 4) is 0 Å². The minimum atomic E-state index is -0.657. The number of aromatic amines is 1. The molecule has 0 spiro atoms. The van der Waals surface area contributed by atoms with Gasteiger partial charge in [-0.25, -0.2) is 4.79 Å². The second-order valence-corrected chi connectivity index (χ2v) is 5.86. The van der Waals surface area contributed by atoms with E-state index in [0.29, 0.717) is 11.2 Å². The van der Waals surface area contributed by atoms with Crippen molar-refractivity contribution >= 4 is 51.3 Å². The van der Waals surface area contributed by atoms with E-state index in [2.05, 4.69) is 10.3 Å². The Bertz CT molecular complexity index is 957. The van der Waals surface area contributed by atoms with Crippen LogP contribution in [-0.4, -0.2) is 15.8 Å². The quantitative estimate of drug-likeness (QED) is 0.561. The Labute approximate surface area is 130 Å². The monoisotopic (exact) mass is 339 g/mol. The van der Waals surface area contributed by atoms with E-state index in [1.807, 2.05) is 0 Å². The number of hydrogen-bond donors (Lipinski definition) is 2. The number of benzene rings is 1. The summed E-state index contributed by atoms with van der Waals surface area (Å²) < 4.78 is 4.81. The molecule has 2 N–H and O–H groups in total. The fourth-order valence-corrected chi connectivity index (χ4v) is 2.93. The zero-order valence-electron chi connectivity index (χ0n) is 10.6. The third-order valence-electron chi connectivity index (χ3n) is 2.77. The molecule has 0 aliphatic carbocycles. The van der Waals surface area contributed by atoms with E-state index in [1.54, 1.807) is 12.1 Å². The largest absolute Gasteiger partial charge is 0.417 e. The number of oxazole rings is 1. The number of halogens is 1. The number of carbonyl (C=O) groups is 1. The van der Waals surface area contributed by atoms with Gasteiger partial charge in [-0.1, -0.05) is 11.6 Å². The summed E-state index contributed by atoms with van der Waals surface area (Å²) in [5.41, 5.74) is 0.854. The number of anilines is 1. The van der Waals surface area contributed by atoms with Gasteiger partial charge in [0.25, 0.3) is 11.6 Å². The van der Waals surface area contributed by atoms with Crippen LogP contribution in [0.3, 0.4) is 0 Å². The number of nitrogens with one attached hydrogen (secondary N) is 2. The van der Waals surface area contributed by atoms with Crippen molar-refractivity contribution in [2.45, 2.75) is 0 Å². The number of amides is 1. The Morgan fingerprint density at radius 2 is 2.18 bits per heavy atom. The first-order chi connectivity index (χ1) is 10.4. The summed E-state index contributed by atoms with van der Waals surface area (Å²) >= 11 is 6.52. The van der Waals surface area contributed by atoms with Gasteiger partial charge in [0.15, 0.2) is 9.92 Å². The Hall–Kier alpha value is -2.65. The molecule has 0 atom stereocenters. The molecule has 1 amide bonds. The number of fused-ring (bicyclic) bond motifs is 1. The molecule has 0 unspecified atom stereocenters. The van der Waals surface area contributed by atoms with E-state index in [1.165, 1.54) is 6.07 Å². The lowest BCUT2D eigenvalue weighted by Crippen LogP contribution is -2.09. The van der Waals surface area contributed by atoms with Crippen molar-refractivity contribution in [3.63, 3.8) is 0 Å². The zero-order chi connectivity index (χ0) is 15.9. The second-order valence-electron chi connectivity index (χ2n) is 4.21. The predicted molar refractivity (Wildman–Crippen MR) is 80.8 cm³/mol. The van der Waals surface area contributed by atoms with Gasteiger partial charge in [-0.15, -0.1) is 11.3 Å². The molecule has 0 fully saturated rings. The molecule has 112 valence electrons. The van der Waals surface area contributed by atoms with Crippen molar-refractivity contribution in [2.75, 3.05) is 5.32 Å². The maximum absolute atomic E-state index is 12.1. The van der Waals surface area contributed by atoms with E-state index in [4.69, 9.17) is 16.0 Å². The summed E-state index contributed by atoms with van der Waals surface area (Å²) in [7, 11) is 0. The number of H-pyrrole nitrogens is 1. The third kappa shape index (κ3) is 2.59. The van der Waals surface area contributed by atoms with Crippen LogP contribution in [0.15, 0.2) is 33.5 Å². The summed E-state index contributed by atoms with van der Waals surface area (Å²) in [5, 5.41) is 13.3. The van der Waals surface area contributed by atoms with Crippen molar-refractivity contribution in [1.29, 1.82) is 0 Å². The molecule has 10 heteroatoms. The number of aromatic nitrogens is 1. The van der Waals surface area contributed by atoms with Crippen LogP contribution in [0, 0.1) is 10.1 Å². The number of hydrogen-bond acceptors (Lipinski definition) is 6. The number of thiophene rings is 1. The van der Waals surface area contributed by atoms with Gasteiger partial charge in [0.1, 0.15) is 4.88 Å². The maximum Gasteiger partial charge on any atom is 0.417 e. The van der Waals surface area contributed by atoms with Crippen LogP contribution in [0.1, 0.15) is 9.67 Å². The van der Waals surface area contributed by atoms with Gasteiger partial charge in [-0.3, -0.25) is 19.9 Å². The molecule has 22 heavy (non-hydrogen) atoms. The number of carbonyl (C=O) groups excluding carboxylic acids is 1. The van der Waals surface area contributed by atoms with Crippen LogP contribution < -0.4 is 11.1 Å². The van der Waals surface area contributed by atoms with E-state index in [0.717, 1.165) is 17.4 Å². The van der Waals surface area contributed by atoms with Crippen LogP contribution in [0.4, 0.5) is 11.4 Å². The molecule has 0 aliphatic heterocycles. The summed E-state index contributed by atoms with van der Waals surface area (Å²) in [6.45, 7) is 0. The van der Waals surface area contributed by atoms with Gasteiger partial charge >= 0.3 is 5.76 Å². The first-order valence-electron chi connectivity index (χ1n) is 5.82. The highest BCUT2D eigenvalue weighted by atomic mass is 35.5. The highest BCUT2D eigenvalue weighted by Crippen LogP contribution is 2.34. The van der Waals surface area contributed by atoms with Gasteiger partial charge < -0.3 is 9.73 Å². The molecular weight excluding hydrogens is 334 g/mol. The van der Waals surface area contributed by atoms with Gasteiger partial charge in [0.05, 0.1) is 10.4 Å². The van der Waals surface area contributed by atoms with Gasteiger partial charge in [-0.05, 0) is 12.1 Å². The average molecular weight is 340 g/mol. The van der Waals surface area contributed by atoms with Crippen molar-refractivity contribution in [3.05, 3.63) is 54.1 Å². The fourth-order valence-electron chi connectivity index (χ4n) is 1.81. The fraction of sp³-hybridized carbons (Fsp3) is 0. The molecule has 1 aromatic carbocycles. The van der Waals surface area contributed by atoms with Crippen LogP contribution in [0.25, 0.3) is 11.1 Å². The lowest BCUT2D eigenvalue weighted by Gasteiger charge is -2.02. The third-order valence-corrected chi connectivity index (χ3v) is 4.10. The van der Waals surface area contributed by atoms with Crippen LogP contribution in [0.2, 0.25) is 4.34 Å². The van der Waals surface area contributed by atoms with Gasteiger partial charge in [-0.2, -0.15) is 0 Å². The average Bonchev–Trinajstić information content (AvgIpc) is 3.00. The van der Waals surface area contributed by atoms with E-state index >= 15 is 0 Å². The smallest absolute Gasteiger partial charge is 0.408 e. The summed E-state index contributed by atoms with van der Waals surface area (Å²) in [5.74, 6) is -1.14. The Kier molecular flexibility index (Phi) is 3.43. The first kappa shape index (κ1) is 14.3. The molecule has 0 aliphatic rings. The second kappa shape index (κ2) is 5.28. The highest BCUT2D eigenvalue weighted by molar-refractivity contribution is 7.18. The van der Waals surface area contributed by atoms with Gasteiger partial charge in [0.2, 0.25) is 0 Å². The molecule has 0 saturated heterocycles.